The molecule has 4 heteroatoms. The second-order valence-electron chi connectivity index (χ2n) is 2.56. The van der Waals surface area contributed by atoms with Crippen LogP contribution in [0.3, 0.4) is 0 Å². The third kappa shape index (κ3) is 0.914. The van der Waals surface area contributed by atoms with E-state index in [-0.39, 0.29) is 0 Å². The smallest absolute Gasteiger partial charge is 0.233 e. The minimum atomic E-state index is 0.316. The number of hydrogen-bond acceptors (Lipinski definition) is 3. The third-order valence-corrected chi connectivity index (χ3v) is 3.14. The number of fused-ring (bicyclic) bond motifs is 1. The van der Waals surface area contributed by atoms with Crippen LogP contribution in [-0.2, 0) is 4.79 Å². The number of nitrogens with zero attached hydrogens (tertiary/aromatic N) is 1. The number of carbonyl (C=O) groups excluding carboxylic acids is 1. The van der Waals surface area contributed by atoms with Crippen molar-refractivity contribution in [3.05, 3.63) is 0 Å². The van der Waals surface area contributed by atoms with E-state index < -0.39 is 0 Å². The molecule has 1 amide bonds. The second-order valence-corrected chi connectivity index (χ2v) is 3.72. The molecule has 0 aliphatic carbocycles. The highest BCUT2D eigenvalue weighted by molar-refractivity contribution is 8.01. The lowest BCUT2D eigenvalue weighted by molar-refractivity contribution is -0.128. The van der Waals surface area contributed by atoms with Crippen molar-refractivity contribution in [1.82, 2.24) is 10.2 Å². The molecule has 0 aromatic rings. The second kappa shape index (κ2) is 2.43. The Morgan fingerprint density at radius 3 is 3.40 bits per heavy atom. The van der Waals surface area contributed by atoms with Crippen molar-refractivity contribution in [2.24, 2.45) is 0 Å². The first kappa shape index (κ1) is 6.49. The Morgan fingerprint density at radius 2 is 2.60 bits per heavy atom. The molecule has 1 N–H and O–H groups in total. The number of piperazine rings is 1. The van der Waals surface area contributed by atoms with Crippen molar-refractivity contribution >= 4 is 17.7 Å². The Hall–Kier alpha value is -0.220. The number of nitrogens with one attached hydrogen (secondary N) is 1. The van der Waals surface area contributed by atoms with Gasteiger partial charge in [-0.2, -0.15) is 0 Å². The molecular weight excluding hydrogens is 148 g/mol. The summed E-state index contributed by atoms with van der Waals surface area (Å²) >= 11 is 1.75. The Morgan fingerprint density at radius 1 is 1.70 bits per heavy atom. The SMILES string of the molecule is O=C1CSC2CNCCN12. The van der Waals surface area contributed by atoms with Crippen LogP contribution in [0.1, 0.15) is 0 Å². The Labute approximate surface area is 64.1 Å². The zero-order chi connectivity index (χ0) is 6.97. The molecule has 0 bridgehead atoms. The number of hydrogen-bond donors (Lipinski definition) is 1. The van der Waals surface area contributed by atoms with Gasteiger partial charge in [-0.25, -0.2) is 0 Å². The third-order valence-electron chi connectivity index (χ3n) is 1.92. The molecule has 56 valence electrons. The van der Waals surface area contributed by atoms with E-state index in [0.29, 0.717) is 17.0 Å². The first-order valence-electron chi connectivity index (χ1n) is 3.50. The van der Waals surface area contributed by atoms with Gasteiger partial charge < -0.3 is 10.2 Å². The Kier molecular flexibility index (Phi) is 1.58. The summed E-state index contributed by atoms with van der Waals surface area (Å²) < 4.78 is 0. The maximum absolute atomic E-state index is 11.1. The summed E-state index contributed by atoms with van der Waals surface area (Å²) in [6, 6.07) is 0. The van der Waals surface area contributed by atoms with E-state index in [4.69, 9.17) is 0 Å². The highest BCUT2D eigenvalue weighted by Gasteiger charge is 2.32. The fourth-order valence-electron chi connectivity index (χ4n) is 1.36. The molecule has 3 nitrogen and oxygen atoms in total. The summed E-state index contributed by atoms with van der Waals surface area (Å²) in [7, 11) is 0. The number of carbonyl (C=O) groups is 1. The fraction of sp³-hybridized carbons (Fsp3) is 0.833. The molecule has 2 rings (SSSR count). The normalized spacial score (nSPS) is 32.6. The van der Waals surface area contributed by atoms with Crippen LogP contribution in [0.2, 0.25) is 0 Å². The summed E-state index contributed by atoms with van der Waals surface area (Å²) in [4.78, 5) is 13.1. The predicted octanol–water partition coefficient (Wildman–Crippen LogP) is -0.509. The van der Waals surface area contributed by atoms with Crippen molar-refractivity contribution < 1.29 is 4.79 Å². The standard InChI is InChI=1S/C6H10N2OS/c9-5-4-10-6-3-7-1-2-8(5)6/h6-7H,1-4H2. The largest absolute Gasteiger partial charge is 0.327 e. The van der Waals surface area contributed by atoms with Gasteiger partial charge in [-0.05, 0) is 0 Å². The molecule has 0 aromatic heterocycles. The van der Waals surface area contributed by atoms with Crippen LogP contribution in [-0.4, -0.2) is 41.6 Å². The molecule has 1 atom stereocenters. The molecule has 0 aromatic carbocycles. The van der Waals surface area contributed by atoms with Crippen molar-refractivity contribution in [2.45, 2.75) is 5.37 Å². The van der Waals surface area contributed by atoms with Crippen molar-refractivity contribution in [3.8, 4) is 0 Å². The molecule has 2 heterocycles. The van der Waals surface area contributed by atoms with E-state index in [2.05, 4.69) is 5.32 Å². The average Bonchev–Trinajstić information content (AvgIpc) is 2.34. The quantitative estimate of drug-likeness (QED) is 0.515. The van der Waals surface area contributed by atoms with E-state index in [1.807, 2.05) is 4.90 Å². The zero-order valence-electron chi connectivity index (χ0n) is 5.67. The van der Waals surface area contributed by atoms with Crippen LogP contribution in [0, 0.1) is 0 Å². The van der Waals surface area contributed by atoms with Crippen LogP contribution in [0.5, 0.6) is 0 Å². The van der Waals surface area contributed by atoms with Gasteiger partial charge >= 0.3 is 0 Å². The van der Waals surface area contributed by atoms with Gasteiger partial charge in [-0.15, -0.1) is 11.8 Å². The van der Waals surface area contributed by atoms with Crippen LogP contribution >= 0.6 is 11.8 Å². The predicted molar refractivity (Wildman–Crippen MR) is 40.8 cm³/mol. The number of thioether (sulfide) groups is 1. The molecule has 0 spiro atoms. The Balaban J connectivity index is 2.08. The van der Waals surface area contributed by atoms with Crippen LogP contribution < -0.4 is 5.32 Å². The van der Waals surface area contributed by atoms with Crippen LogP contribution in [0.4, 0.5) is 0 Å². The maximum atomic E-state index is 11.1. The first-order chi connectivity index (χ1) is 4.88. The van der Waals surface area contributed by atoms with Crippen LogP contribution in [0.25, 0.3) is 0 Å². The zero-order valence-corrected chi connectivity index (χ0v) is 6.49. The average molecular weight is 158 g/mol. The van der Waals surface area contributed by atoms with Crippen LogP contribution in [0.15, 0.2) is 0 Å². The minimum Gasteiger partial charge on any atom is -0.327 e. The molecule has 10 heavy (non-hydrogen) atoms. The first-order valence-corrected chi connectivity index (χ1v) is 4.54. The lowest BCUT2D eigenvalue weighted by Gasteiger charge is -2.28. The molecule has 2 saturated heterocycles. The monoisotopic (exact) mass is 158 g/mol. The molecule has 0 radical (unpaired) electrons. The number of amides is 1. The van der Waals surface area contributed by atoms with Gasteiger partial charge in [0.1, 0.15) is 0 Å². The molecule has 2 aliphatic heterocycles. The minimum absolute atomic E-state index is 0.316. The van der Waals surface area contributed by atoms with E-state index in [0.717, 1.165) is 19.6 Å². The van der Waals surface area contributed by atoms with E-state index in [9.17, 15) is 4.79 Å². The molecule has 1 unspecified atom stereocenters. The van der Waals surface area contributed by atoms with Gasteiger partial charge in [0.15, 0.2) is 0 Å². The van der Waals surface area contributed by atoms with Gasteiger partial charge in [0, 0.05) is 19.6 Å². The van der Waals surface area contributed by atoms with Crippen molar-refractivity contribution in [3.63, 3.8) is 0 Å². The van der Waals surface area contributed by atoms with E-state index >= 15 is 0 Å². The number of rotatable bonds is 0. The van der Waals surface area contributed by atoms with Gasteiger partial charge in [0.2, 0.25) is 5.91 Å². The highest BCUT2D eigenvalue weighted by atomic mass is 32.2. The summed E-state index contributed by atoms with van der Waals surface area (Å²) in [5.74, 6) is 1.00. The molecular formula is C6H10N2OS. The van der Waals surface area contributed by atoms with Gasteiger partial charge in [0.05, 0.1) is 11.1 Å². The lowest BCUT2D eigenvalue weighted by Crippen LogP contribution is -2.48. The maximum Gasteiger partial charge on any atom is 0.233 e. The fourth-order valence-corrected chi connectivity index (χ4v) is 2.50. The van der Waals surface area contributed by atoms with Crippen molar-refractivity contribution in [1.29, 1.82) is 0 Å². The van der Waals surface area contributed by atoms with E-state index in [1.165, 1.54) is 0 Å². The topological polar surface area (TPSA) is 32.3 Å². The molecule has 2 fully saturated rings. The van der Waals surface area contributed by atoms with Gasteiger partial charge in [-0.1, -0.05) is 0 Å². The van der Waals surface area contributed by atoms with Crippen molar-refractivity contribution in [2.75, 3.05) is 25.4 Å². The highest BCUT2D eigenvalue weighted by Crippen LogP contribution is 2.24. The summed E-state index contributed by atoms with van der Waals surface area (Å²) in [6.45, 7) is 2.83. The Bertz CT molecular complexity index is 162. The molecule has 2 aliphatic rings. The summed E-state index contributed by atoms with van der Waals surface area (Å²) in [6.07, 6.45) is 0. The summed E-state index contributed by atoms with van der Waals surface area (Å²) in [5, 5.41) is 3.69. The lowest BCUT2D eigenvalue weighted by atomic mass is 10.3. The van der Waals surface area contributed by atoms with Gasteiger partial charge in [-0.3, -0.25) is 4.79 Å². The van der Waals surface area contributed by atoms with E-state index in [1.54, 1.807) is 11.8 Å². The summed E-state index contributed by atoms with van der Waals surface area (Å²) in [5.41, 5.74) is 0. The molecule has 0 saturated carbocycles. The van der Waals surface area contributed by atoms with Gasteiger partial charge in [0.25, 0.3) is 0 Å².